The van der Waals surface area contributed by atoms with Crippen molar-refractivity contribution >= 4 is 51.9 Å². The van der Waals surface area contributed by atoms with E-state index in [-0.39, 0.29) is 18.4 Å². The topological polar surface area (TPSA) is 58.6 Å². The Balaban J connectivity index is 1.47. The molecule has 0 unspecified atom stereocenters. The van der Waals surface area contributed by atoms with E-state index in [0.717, 1.165) is 23.3 Å². The number of fused-ring (bicyclic) bond motifs is 1. The van der Waals surface area contributed by atoms with Crippen LogP contribution in [0.1, 0.15) is 23.1 Å². The number of aryl methyl sites for hydroxylation is 1. The Morgan fingerprint density at radius 2 is 1.91 bits per heavy atom. The summed E-state index contributed by atoms with van der Waals surface area (Å²) in [7, 11) is 0. The number of hydrogen-bond donors (Lipinski definition) is 1. The van der Waals surface area contributed by atoms with Crippen molar-refractivity contribution in [2.24, 2.45) is 0 Å². The van der Waals surface area contributed by atoms with E-state index in [1.54, 1.807) is 29.2 Å². The number of rotatable bonds is 5. The number of ether oxygens (including phenoxy) is 1. The first-order valence-electron chi connectivity index (χ1n) is 9.69. The first-order chi connectivity index (χ1) is 15.2. The molecule has 10 heteroatoms. The summed E-state index contributed by atoms with van der Waals surface area (Å²) >= 11 is 6.17. The van der Waals surface area contributed by atoms with Crippen LogP contribution in [0, 0.1) is 0 Å². The van der Waals surface area contributed by atoms with Gasteiger partial charge in [-0.15, -0.1) is 0 Å². The molecule has 4 rings (SSSR count). The van der Waals surface area contributed by atoms with E-state index in [1.807, 2.05) is 0 Å². The van der Waals surface area contributed by atoms with Crippen molar-refractivity contribution in [1.29, 1.82) is 0 Å². The molecule has 2 aliphatic rings. The molecule has 1 N–H and O–H groups in total. The zero-order chi connectivity index (χ0) is 22.9. The van der Waals surface area contributed by atoms with Crippen LogP contribution in [-0.2, 0) is 22.2 Å². The molecule has 32 heavy (non-hydrogen) atoms. The zero-order valence-electron chi connectivity index (χ0n) is 16.6. The average Bonchev–Trinajstić information content (AvgIpc) is 3.06. The summed E-state index contributed by atoms with van der Waals surface area (Å²) < 4.78 is 44.0. The van der Waals surface area contributed by atoms with Gasteiger partial charge in [-0.25, -0.2) is 0 Å². The molecule has 0 atom stereocenters. The molecule has 0 bridgehead atoms. The molecule has 0 spiro atoms. The van der Waals surface area contributed by atoms with E-state index in [4.69, 9.17) is 17.0 Å². The fourth-order valence-corrected chi connectivity index (χ4v) is 4.47. The summed E-state index contributed by atoms with van der Waals surface area (Å²) in [5.74, 6) is 0.0858. The summed E-state index contributed by atoms with van der Waals surface area (Å²) in [5, 5.41) is 2.56. The summed E-state index contributed by atoms with van der Waals surface area (Å²) in [6.07, 6.45) is -1.58. The predicted molar refractivity (Wildman–Crippen MR) is 120 cm³/mol. The molecule has 0 saturated carbocycles. The first-order valence-corrected chi connectivity index (χ1v) is 10.9. The van der Waals surface area contributed by atoms with Crippen molar-refractivity contribution < 1.29 is 27.5 Å². The molecule has 0 radical (unpaired) electrons. The standard InChI is InChI=1S/C22H17F3N2O3S2/c23-22(24,25)15-6-3-13(4-7-15)2-1-9-27-16-10-14(5-8-17(16)30-12-19(27)28)11-18-20(29)26-21(31)32-18/h3-8,10-11H,1-2,9,12H2,(H,26,29,31)/b18-11-. The minimum atomic E-state index is -4.36. The number of carbonyl (C=O) groups excluding carboxylic acids is 2. The van der Waals surface area contributed by atoms with Gasteiger partial charge in [0, 0.05) is 6.54 Å². The van der Waals surface area contributed by atoms with Gasteiger partial charge >= 0.3 is 6.18 Å². The Kier molecular flexibility index (Phi) is 6.25. The maximum atomic E-state index is 12.7. The van der Waals surface area contributed by atoms with E-state index in [9.17, 15) is 22.8 Å². The van der Waals surface area contributed by atoms with Crippen LogP contribution in [0.25, 0.3) is 6.08 Å². The van der Waals surface area contributed by atoms with Gasteiger partial charge in [-0.05, 0) is 54.3 Å². The largest absolute Gasteiger partial charge is 0.482 e. The van der Waals surface area contributed by atoms with E-state index in [0.29, 0.717) is 40.0 Å². The Hall–Kier alpha value is -2.85. The smallest absolute Gasteiger partial charge is 0.416 e. The van der Waals surface area contributed by atoms with Crippen LogP contribution in [-0.4, -0.2) is 29.3 Å². The molecule has 166 valence electrons. The highest BCUT2D eigenvalue weighted by Crippen LogP contribution is 2.35. The van der Waals surface area contributed by atoms with Gasteiger partial charge in [0.2, 0.25) is 0 Å². The van der Waals surface area contributed by atoms with Gasteiger partial charge < -0.3 is 15.0 Å². The summed E-state index contributed by atoms with van der Waals surface area (Å²) in [6.45, 7) is 0.301. The van der Waals surface area contributed by atoms with Crippen LogP contribution in [0.2, 0.25) is 0 Å². The van der Waals surface area contributed by atoms with Crippen molar-refractivity contribution in [3.05, 3.63) is 64.1 Å². The molecule has 5 nitrogen and oxygen atoms in total. The number of nitrogens with one attached hydrogen (secondary N) is 1. The van der Waals surface area contributed by atoms with Gasteiger partial charge in [0.1, 0.15) is 10.1 Å². The number of amides is 2. The van der Waals surface area contributed by atoms with Crippen LogP contribution in [0.15, 0.2) is 47.4 Å². The first kappa shape index (κ1) is 22.3. The molecule has 1 fully saturated rings. The van der Waals surface area contributed by atoms with Crippen molar-refractivity contribution in [2.75, 3.05) is 18.1 Å². The molecule has 2 heterocycles. The van der Waals surface area contributed by atoms with E-state index >= 15 is 0 Å². The number of nitrogens with zero attached hydrogens (tertiary/aromatic N) is 1. The normalized spacial score (nSPS) is 17.4. The Labute approximate surface area is 191 Å². The highest BCUT2D eigenvalue weighted by molar-refractivity contribution is 8.26. The lowest BCUT2D eigenvalue weighted by molar-refractivity contribution is -0.137. The van der Waals surface area contributed by atoms with Gasteiger partial charge in [-0.2, -0.15) is 13.2 Å². The molecule has 1 saturated heterocycles. The highest BCUT2D eigenvalue weighted by Gasteiger charge is 2.30. The molecule has 2 aromatic rings. The van der Waals surface area contributed by atoms with Crippen LogP contribution in [0.4, 0.5) is 18.9 Å². The van der Waals surface area contributed by atoms with Crippen molar-refractivity contribution in [3.8, 4) is 5.75 Å². The monoisotopic (exact) mass is 478 g/mol. The molecule has 2 aromatic carbocycles. The highest BCUT2D eigenvalue weighted by atomic mass is 32.2. The van der Waals surface area contributed by atoms with Gasteiger partial charge in [0.25, 0.3) is 11.8 Å². The van der Waals surface area contributed by atoms with E-state index in [1.165, 1.54) is 23.9 Å². The van der Waals surface area contributed by atoms with Crippen LogP contribution in [0.3, 0.4) is 0 Å². The number of alkyl halides is 3. The molecular formula is C22H17F3N2O3S2. The zero-order valence-corrected chi connectivity index (χ0v) is 18.2. The molecular weight excluding hydrogens is 461 g/mol. The molecule has 2 aliphatic heterocycles. The number of anilines is 1. The molecule has 0 aliphatic carbocycles. The van der Waals surface area contributed by atoms with E-state index in [2.05, 4.69) is 5.32 Å². The van der Waals surface area contributed by atoms with Crippen LogP contribution >= 0.6 is 24.0 Å². The third-order valence-electron chi connectivity index (χ3n) is 4.99. The Morgan fingerprint density at radius 3 is 2.56 bits per heavy atom. The third-order valence-corrected chi connectivity index (χ3v) is 6.16. The minimum absolute atomic E-state index is 0.0831. The number of benzene rings is 2. The van der Waals surface area contributed by atoms with E-state index < -0.39 is 11.7 Å². The van der Waals surface area contributed by atoms with Gasteiger partial charge in [0.15, 0.2) is 6.61 Å². The molecule has 0 aromatic heterocycles. The fourth-order valence-electron chi connectivity index (χ4n) is 3.43. The Morgan fingerprint density at radius 1 is 1.16 bits per heavy atom. The number of halogens is 3. The minimum Gasteiger partial charge on any atom is -0.482 e. The Bertz CT molecular complexity index is 1110. The number of hydrogen-bond acceptors (Lipinski definition) is 5. The maximum Gasteiger partial charge on any atom is 0.416 e. The fraction of sp³-hybridized carbons (Fsp3) is 0.227. The van der Waals surface area contributed by atoms with Gasteiger partial charge in [0.05, 0.1) is 16.2 Å². The van der Waals surface area contributed by atoms with Gasteiger partial charge in [-0.3, -0.25) is 9.59 Å². The summed E-state index contributed by atoms with van der Waals surface area (Å²) in [4.78, 5) is 26.5. The van der Waals surface area contributed by atoms with Crippen molar-refractivity contribution in [1.82, 2.24) is 5.32 Å². The van der Waals surface area contributed by atoms with Crippen LogP contribution in [0.5, 0.6) is 5.75 Å². The predicted octanol–water partition coefficient (Wildman–Crippen LogP) is 4.55. The number of thiocarbonyl (C=S) groups is 1. The average molecular weight is 479 g/mol. The third kappa shape index (κ3) is 4.97. The second-order valence-corrected chi connectivity index (χ2v) is 8.93. The second kappa shape index (κ2) is 8.95. The lowest BCUT2D eigenvalue weighted by Crippen LogP contribution is -2.39. The van der Waals surface area contributed by atoms with Crippen LogP contribution < -0.4 is 15.0 Å². The van der Waals surface area contributed by atoms with Crippen molar-refractivity contribution in [3.63, 3.8) is 0 Å². The lowest BCUT2D eigenvalue weighted by atomic mass is 10.1. The lowest BCUT2D eigenvalue weighted by Gasteiger charge is -2.29. The number of thioether (sulfide) groups is 1. The van der Waals surface area contributed by atoms with Crippen molar-refractivity contribution in [2.45, 2.75) is 19.0 Å². The summed E-state index contributed by atoms with van der Waals surface area (Å²) in [6, 6.07) is 10.3. The molecule has 2 amide bonds. The number of carbonyl (C=O) groups is 2. The summed E-state index contributed by atoms with van der Waals surface area (Å²) in [5.41, 5.74) is 1.39. The van der Waals surface area contributed by atoms with Gasteiger partial charge in [-0.1, -0.05) is 42.2 Å². The maximum absolute atomic E-state index is 12.7. The quantitative estimate of drug-likeness (QED) is 0.505. The SMILES string of the molecule is O=C1NC(=S)S/C1=C\c1ccc2c(c1)N(CCCc1ccc(C(F)(F)F)cc1)C(=O)CO2. The second-order valence-electron chi connectivity index (χ2n) is 7.21.